The van der Waals surface area contributed by atoms with Gasteiger partial charge in [0.2, 0.25) is 0 Å². The summed E-state index contributed by atoms with van der Waals surface area (Å²) in [5.41, 5.74) is 4.21. The number of nitrogens with zero attached hydrogens (tertiary/aromatic N) is 1. The van der Waals surface area contributed by atoms with E-state index >= 15 is 0 Å². The Morgan fingerprint density at radius 3 is 2.32 bits per heavy atom. The number of carbonyl (C=O) groups is 2. The van der Waals surface area contributed by atoms with Crippen LogP contribution in [0, 0.1) is 0 Å². The number of hydrogen-bond acceptors (Lipinski definition) is 4. The summed E-state index contributed by atoms with van der Waals surface area (Å²) in [6.07, 6.45) is 0. The monoisotopic (exact) mass is 446 g/mol. The molecule has 0 atom stereocenters. The maximum Gasteiger partial charge on any atom is 0.338 e. The van der Waals surface area contributed by atoms with Gasteiger partial charge in [-0.1, -0.05) is 66.7 Å². The molecule has 0 bridgehead atoms. The van der Waals surface area contributed by atoms with Crippen LogP contribution >= 0.6 is 0 Å². The molecule has 1 N–H and O–H groups in total. The number of anilines is 1. The van der Waals surface area contributed by atoms with E-state index in [1.807, 2.05) is 78.9 Å². The summed E-state index contributed by atoms with van der Waals surface area (Å²) in [6, 6.07) is 30.4. The zero-order chi connectivity index (χ0) is 23.5. The number of esters is 1. The number of hydrogen-bond donors (Lipinski definition) is 1. The molecule has 5 nitrogen and oxygen atoms in total. The number of carbonyl (C=O) groups excluding carboxylic acids is 2. The number of fused-ring (bicyclic) bond motifs is 2. The number of aromatic nitrogens is 1. The first-order valence-electron chi connectivity index (χ1n) is 11.1. The van der Waals surface area contributed by atoms with Gasteiger partial charge in [0.25, 0.3) is 5.91 Å². The van der Waals surface area contributed by atoms with Crippen LogP contribution in [-0.2, 0) is 4.74 Å². The van der Waals surface area contributed by atoms with Crippen LogP contribution in [0.15, 0.2) is 97.1 Å². The molecule has 4 aromatic carbocycles. The SMILES string of the molecule is CCOC(=O)c1ccc(-c2cccc3cccc(NC(=O)c4ccc5ccccc5n4)c23)cc1. The van der Waals surface area contributed by atoms with Gasteiger partial charge in [-0.3, -0.25) is 4.79 Å². The summed E-state index contributed by atoms with van der Waals surface area (Å²) in [6.45, 7) is 2.12. The van der Waals surface area contributed by atoms with E-state index in [1.165, 1.54) is 0 Å². The van der Waals surface area contributed by atoms with Crippen LogP contribution in [0.3, 0.4) is 0 Å². The van der Waals surface area contributed by atoms with Crippen LogP contribution in [0.25, 0.3) is 32.8 Å². The van der Waals surface area contributed by atoms with Crippen molar-refractivity contribution in [3.63, 3.8) is 0 Å². The Bertz CT molecular complexity index is 1520. The molecule has 5 aromatic rings. The Balaban J connectivity index is 1.52. The molecule has 0 aliphatic heterocycles. The highest BCUT2D eigenvalue weighted by atomic mass is 16.5. The summed E-state index contributed by atoms with van der Waals surface area (Å²) < 4.78 is 5.08. The van der Waals surface area contributed by atoms with Crippen LogP contribution in [0.2, 0.25) is 0 Å². The number of nitrogens with one attached hydrogen (secondary N) is 1. The van der Waals surface area contributed by atoms with Crippen molar-refractivity contribution < 1.29 is 14.3 Å². The Morgan fingerprint density at radius 2 is 1.53 bits per heavy atom. The highest BCUT2D eigenvalue weighted by Crippen LogP contribution is 2.34. The third-order valence-electron chi connectivity index (χ3n) is 5.69. The molecular weight excluding hydrogens is 424 g/mol. The first kappa shape index (κ1) is 21.3. The van der Waals surface area contributed by atoms with E-state index in [4.69, 9.17) is 4.74 Å². The molecule has 0 aliphatic carbocycles. The summed E-state index contributed by atoms with van der Waals surface area (Å²) in [5, 5.41) is 5.95. The van der Waals surface area contributed by atoms with Crippen molar-refractivity contribution in [2.45, 2.75) is 6.92 Å². The Hall–Kier alpha value is -4.51. The topological polar surface area (TPSA) is 68.3 Å². The first-order chi connectivity index (χ1) is 16.6. The molecule has 0 unspecified atom stereocenters. The molecular formula is C29H22N2O3. The minimum absolute atomic E-state index is 0.272. The van der Waals surface area contributed by atoms with Gasteiger partial charge in [-0.15, -0.1) is 0 Å². The quantitative estimate of drug-likeness (QED) is 0.314. The van der Waals surface area contributed by atoms with Crippen molar-refractivity contribution in [1.29, 1.82) is 0 Å². The smallest absolute Gasteiger partial charge is 0.338 e. The lowest BCUT2D eigenvalue weighted by atomic mass is 9.96. The predicted molar refractivity (Wildman–Crippen MR) is 135 cm³/mol. The van der Waals surface area contributed by atoms with Crippen molar-refractivity contribution in [3.05, 3.63) is 108 Å². The predicted octanol–water partition coefficient (Wildman–Crippen LogP) is 6.48. The highest BCUT2D eigenvalue weighted by molar-refractivity contribution is 6.12. The van der Waals surface area contributed by atoms with Gasteiger partial charge in [-0.25, -0.2) is 9.78 Å². The van der Waals surface area contributed by atoms with Gasteiger partial charge in [0.1, 0.15) is 5.69 Å². The fourth-order valence-corrected chi connectivity index (χ4v) is 4.06. The first-order valence-corrected chi connectivity index (χ1v) is 11.1. The maximum atomic E-state index is 13.1. The third kappa shape index (κ3) is 4.11. The zero-order valence-corrected chi connectivity index (χ0v) is 18.6. The lowest BCUT2D eigenvalue weighted by Gasteiger charge is -2.13. The molecule has 5 heteroatoms. The van der Waals surface area contributed by atoms with Gasteiger partial charge < -0.3 is 10.1 Å². The Kier molecular flexibility index (Phi) is 5.75. The molecule has 1 amide bonds. The van der Waals surface area contributed by atoms with Gasteiger partial charge in [-0.2, -0.15) is 0 Å². The molecule has 0 spiro atoms. The number of pyridine rings is 1. The van der Waals surface area contributed by atoms with Crippen LogP contribution < -0.4 is 5.32 Å². The number of rotatable bonds is 5. The van der Waals surface area contributed by atoms with Gasteiger partial charge in [0, 0.05) is 16.5 Å². The zero-order valence-electron chi connectivity index (χ0n) is 18.6. The second kappa shape index (κ2) is 9.16. The van der Waals surface area contributed by atoms with Gasteiger partial charge in [0.15, 0.2) is 0 Å². The summed E-state index contributed by atoms with van der Waals surface area (Å²) in [5.74, 6) is -0.617. The van der Waals surface area contributed by atoms with Gasteiger partial charge in [-0.05, 0) is 53.8 Å². The fraction of sp³-hybridized carbons (Fsp3) is 0.0690. The molecule has 0 radical (unpaired) electrons. The number of amides is 1. The lowest BCUT2D eigenvalue weighted by Crippen LogP contribution is -2.14. The van der Waals surface area contributed by atoms with E-state index in [0.29, 0.717) is 23.6 Å². The molecule has 34 heavy (non-hydrogen) atoms. The minimum atomic E-state index is -0.345. The van der Waals surface area contributed by atoms with Crippen molar-refractivity contribution in [2.24, 2.45) is 0 Å². The van der Waals surface area contributed by atoms with Crippen molar-refractivity contribution in [1.82, 2.24) is 4.98 Å². The largest absolute Gasteiger partial charge is 0.462 e. The van der Waals surface area contributed by atoms with Crippen LogP contribution in [0.1, 0.15) is 27.8 Å². The number of ether oxygens (including phenoxy) is 1. The van der Waals surface area contributed by atoms with E-state index in [9.17, 15) is 9.59 Å². The van der Waals surface area contributed by atoms with Crippen molar-refractivity contribution >= 4 is 39.2 Å². The molecule has 0 fully saturated rings. The molecule has 166 valence electrons. The van der Waals surface area contributed by atoms with Crippen molar-refractivity contribution in [2.75, 3.05) is 11.9 Å². The van der Waals surface area contributed by atoms with Crippen molar-refractivity contribution in [3.8, 4) is 11.1 Å². The highest BCUT2D eigenvalue weighted by Gasteiger charge is 2.14. The molecule has 0 saturated carbocycles. The minimum Gasteiger partial charge on any atom is -0.462 e. The Morgan fingerprint density at radius 1 is 0.794 bits per heavy atom. The van der Waals surface area contributed by atoms with E-state index in [2.05, 4.69) is 10.3 Å². The molecule has 5 rings (SSSR count). The Labute approximate surface area is 197 Å². The molecule has 0 saturated heterocycles. The average Bonchev–Trinajstić information content (AvgIpc) is 2.88. The fourth-order valence-electron chi connectivity index (χ4n) is 4.06. The standard InChI is InChI=1S/C29H22N2O3/c1-2-34-29(33)22-15-13-19(14-16-22)23-10-5-8-21-9-6-12-25(27(21)23)31-28(32)26-18-17-20-7-3-4-11-24(20)30-26/h3-18H,2H2,1H3,(H,31,32). The van der Waals surface area contributed by atoms with Gasteiger partial charge in [0.05, 0.1) is 17.7 Å². The average molecular weight is 447 g/mol. The maximum absolute atomic E-state index is 13.1. The van der Waals surface area contributed by atoms with Gasteiger partial charge >= 0.3 is 5.97 Å². The molecule has 1 heterocycles. The van der Waals surface area contributed by atoms with E-state index in [1.54, 1.807) is 25.1 Å². The van der Waals surface area contributed by atoms with E-state index in [0.717, 1.165) is 32.8 Å². The van der Waals surface area contributed by atoms with Crippen LogP contribution in [0.4, 0.5) is 5.69 Å². The normalized spacial score (nSPS) is 10.9. The van der Waals surface area contributed by atoms with E-state index in [-0.39, 0.29) is 11.9 Å². The molecule has 0 aliphatic rings. The van der Waals surface area contributed by atoms with Crippen LogP contribution in [0.5, 0.6) is 0 Å². The number of benzene rings is 4. The number of para-hydroxylation sites is 1. The lowest BCUT2D eigenvalue weighted by molar-refractivity contribution is 0.0526. The van der Waals surface area contributed by atoms with Crippen LogP contribution in [-0.4, -0.2) is 23.5 Å². The van der Waals surface area contributed by atoms with E-state index < -0.39 is 0 Å². The molecule has 1 aromatic heterocycles. The summed E-state index contributed by atoms with van der Waals surface area (Å²) >= 11 is 0. The third-order valence-corrected chi connectivity index (χ3v) is 5.69. The summed E-state index contributed by atoms with van der Waals surface area (Å²) in [7, 11) is 0. The second-order valence-electron chi connectivity index (χ2n) is 7.85. The summed E-state index contributed by atoms with van der Waals surface area (Å²) in [4.78, 5) is 29.6. The second-order valence-corrected chi connectivity index (χ2v) is 7.85.